The number of nitriles is 1. The van der Waals surface area contributed by atoms with Gasteiger partial charge in [0.15, 0.2) is 0 Å². The van der Waals surface area contributed by atoms with Crippen LogP contribution in [0.5, 0.6) is 5.88 Å². The van der Waals surface area contributed by atoms with Crippen molar-refractivity contribution in [2.45, 2.75) is 45.4 Å². The second kappa shape index (κ2) is 9.05. The molecule has 0 aliphatic heterocycles. The smallest absolute Gasteiger partial charge is 0.238 e. The lowest BCUT2D eigenvalue weighted by molar-refractivity contribution is -0.117. The summed E-state index contributed by atoms with van der Waals surface area (Å²) in [4.78, 5) is 19.0. The molecule has 1 heterocycles. The van der Waals surface area contributed by atoms with Crippen LogP contribution in [0, 0.1) is 11.3 Å². The summed E-state index contributed by atoms with van der Waals surface area (Å²) in [5.74, 6) is 0.420. The first kappa shape index (κ1) is 20.1. The number of pyridine rings is 1. The summed E-state index contributed by atoms with van der Waals surface area (Å²) >= 11 is 5.99. The van der Waals surface area contributed by atoms with Crippen LogP contribution >= 0.6 is 11.6 Å². The van der Waals surface area contributed by atoms with Crippen LogP contribution in [0.25, 0.3) is 0 Å². The summed E-state index contributed by atoms with van der Waals surface area (Å²) in [6.45, 7) is 4.79. The number of hydrogen-bond acceptors (Lipinski definition) is 5. The maximum absolute atomic E-state index is 12.6. The number of nitrogens with one attached hydrogen (secondary N) is 1. The van der Waals surface area contributed by atoms with Gasteiger partial charge in [-0.25, -0.2) is 4.98 Å². The second-order valence-electron chi connectivity index (χ2n) is 7.15. The largest absolute Gasteiger partial charge is 0.475 e. The Hall–Kier alpha value is -2.62. The Labute approximate surface area is 170 Å². The van der Waals surface area contributed by atoms with Gasteiger partial charge in [-0.05, 0) is 56.5 Å². The van der Waals surface area contributed by atoms with E-state index < -0.39 is 0 Å². The van der Waals surface area contributed by atoms with Gasteiger partial charge < -0.3 is 10.1 Å². The number of nitrogens with zero attached hydrogens (tertiary/aromatic N) is 3. The van der Waals surface area contributed by atoms with Crippen molar-refractivity contribution >= 4 is 23.2 Å². The Morgan fingerprint density at radius 2 is 2.18 bits per heavy atom. The Balaban J connectivity index is 1.66. The number of ether oxygens (including phenoxy) is 1. The van der Waals surface area contributed by atoms with Crippen molar-refractivity contribution in [3.8, 4) is 11.9 Å². The van der Waals surface area contributed by atoms with Gasteiger partial charge in [-0.3, -0.25) is 9.69 Å². The number of anilines is 1. The van der Waals surface area contributed by atoms with Crippen LogP contribution in [0.3, 0.4) is 0 Å². The molecule has 6 nitrogen and oxygen atoms in total. The third-order valence-electron chi connectivity index (χ3n) is 4.33. The number of carbonyl (C=O) groups is 1. The van der Waals surface area contributed by atoms with Crippen LogP contribution in [-0.2, 0) is 11.3 Å². The molecule has 1 aromatic carbocycles. The van der Waals surface area contributed by atoms with Crippen molar-refractivity contribution in [3.63, 3.8) is 0 Å². The first-order valence-corrected chi connectivity index (χ1v) is 9.67. The zero-order valence-electron chi connectivity index (χ0n) is 16.0. The van der Waals surface area contributed by atoms with Gasteiger partial charge in [-0.2, -0.15) is 5.26 Å². The SMILES string of the molecule is CC(C)Oc1cc(CN(CC(=O)Nc2cc(Cl)ccc2C#N)C2CC2)ccn1. The van der Waals surface area contributed by atoms with Crippen molar-refractivity contribution in [1.29, 1.82) is 5.26 Å². The Bertz CT molecular complexity index is 890. The molecular formula is C21H23ClN4O2. The van der Waals surface area contributed by atoms with E-state index in [1.165, 1.54) is 0 Å². The van der Waals surface area contributed by atoms with Crippen molar-refractivity contribution < 1.29 is 9.53 Å². The van der Waals surface area contributed by atoms with Gasteiger partial charge >= 0.3 is 0 Å². The second-order valence-corrected chi connectivity index (χ2v) is 7.59. The highest BCUT2D eigenvalue weighted by atomic mass is 35.5. The molecule has 1 aromatic heterocycles. The van der Waals surface area contributed by atoms with E-state index in [9.17, 15) is 10.1 Å². The normalized spacial score (nSPS) is 13.4. The number of aromatic nitrogens is 1. The molecule has 0 unspecified atom stereocenters. The molecule has 7 heteroatoms. The van der Waals surface area contributed by atoms with E-state index in [0.717, 1.165) is 18.4 Å². The average molecular weight is 399 g/mol. The molecule has 1 N–H and O–H groups in total. The van der Waals surface area contributed by atoms with E-state index >= 15 is 0 Å². The van der Waals surface area contributed by atoms with Crippen LogP contribution in [0.1, 0.15) is 37.8 Å². The maximum atomic E-state index is 12.6. The quantitative estimate of drug-likeness (QED) is 0.727. The molecule has 2 aromatic rings. The minimum absolute atomic E-state index is 0.0556. The van der Waals surface area contributed by atoms with Gasteiger partial charge in [0, 0.05) is 29.9 Å². The summed E-state index contributed by atoms with van der Waals surface area (Å²) < 4.78 is 5.66. The number of carbonyl (C=O) groups excluding carboxylic acids is 1. The topological polar surface area (TPSA) is 78.2 Å². The van der Waals surface area contributed by atoms with E-state index in [4.69, 9.17) is 16.3 Å². The van der Waals surface area contributed by atoms with Gasteiger partial charge in [-0.1, -0.05) is 11.6 Å². The summed E-state index contributed by atoms with van der Waals surface area (Å²) in [5.41, 5.74) is 1.87. The lowest BCUT2D eigenvalue weighted by Crippen LogP contribution is -2.34. The first-order valence-electron chi connectivity index (χ1n) is 9.29. The predicted octanol–water partition coefficient (Wildman–Crippen LogP) is 4.00. The lowest BCUT2D eigenvalue weighted by atomic mass is 10.2. The highest BCUT2D eigenvalue weighted by Crippen LogP contribution is 2.29. The van der Waals surface area contributed by atoms with E-state index in [-0.39, 0.29) is 18.6 Å². The molecule has 0 atom stereocenters. The van der Waals surface area contributed by atoms with Crippen LogP contribution in [0.15, 0.2) is 36.5 Å². The van der Waals surface area contributed by atoms with Crippen LogP contribution in [0.4, 0.5) is 5.69 Å². The molecule has 28 heavy (non-hydrogen) atoms. The number of benzene rings is 1. The Morgan fingerprint density at radius 3 is 2.86 bits per heavy atom. The molecule has 1 fully saturated rings. The van der Waals surface area contributed by atoms with Crippen molar-refractivity contribution in [2.24, 2.45) is 0 Å². The van der Waals surface area contributed by atoms with E-state index in [1.54, 1.807) is 24.4 Å². The molecule has 1 aliphatic carbocycles. The van der Waals surface area contributed by atoms with Crippen LogP contribution in [-0.4, -0.2) is 34.5 Å². The van der Waals surface area contributed by atoms with Gasteiger partial charge in [-0.15, -0.1) is 0 Å². The molecule has 0 saturated heterocycles. The summed E-state index contributed by atoms with van der Waals surface area (Å²) in [5, 5.41) is 12.5. The predicted molar refractivity (Wildman–Crippen MR) is 108 cm³/mol. The molecule has 0 spiro atoms. The molecular weight excluding hydrogens is 376 g/mol. The van der Waals surface area contributed by atoms with Crippen LogP contribution < -0.4 is 10.1 Å². The fourth-order valence-corrected chi connectivity index (χ4v) is 3.11. The third-order valence-corrected chi connectivity index (χ3v) is 4.56. The molecule has 1 saturated carbocycles. The number of hydrogen-bond donors (Lipinski definition) is 1. The molecule has 1 amide bonds. The monoisotopic (exact) mass is 398 g/mol. The third kappa shape index (κ3) is 5.69. The van der Waals surface area contributed by atoms with Crippen molar-refractivity contribution in [1.82, 2.24) is 9.88 Å². The van der Waals surface area contributed by atoms with Gasteiger partial charge in [0.1, 0.15) is 6.07 Å². The molecule has 0 bridgehead atoms. The van der Waals surface area contributed by atoms with Gasteiger partial charge in [0.2, 0.25) is 11.8 Å². The Morgan fingerprint density at radius 1 is 1.39 bits per heavy atom. The van der Waals surface area contributed by atoms with Gasteiger partial charge in [0.05, 0.1) is 23.9 Å². The minimum Gasteiger partial charge on any atom is -0.475 e. The maximum Gasteiger partial charge on any atom is 0.238 e. The molecule has 146 valence electrons. The molecule has 3 rings (SSSR count). The zero-order chi connectivity index (χ0) is 20.1. The van der Waals surface area contributed by atoms with Crippen molar-refractivity contribution in [2.75, 3.05) is 11.9 Å². The minimum atomic E-state index is -0.168. The van der Waals surface area contributed by atoms with Crippen molar-refractivity contribution in [3.05, 3.63) is 52.7 Å². The molecule has 0 radical (unpaired) electrons. The number of halogens is 1. The number of rotatable bonds is 8. The van der Waals surface area contributed by atoms with Gasteiger partial charge in [0.25, 0.3) is 0 Å². The average Bonchev–Trinajstić information content (AvgIpc) is 3.46. The summed E-state index contributed by atoms with van der Waals surface area (Å²) in [6.07, 6.45) is 3.94. The fourth-order valence-electron chi connectivity index (χ4n) is 2.93. The highest BCUT2D eigenvalue weighted by Gasteiger charge is 2.30. The van der Waals surface area contributed by atoms with E-state index in [0.29, 0.717) is 34.7 Å². The first-order chi connectivity index (χ1) is 13.4. The highest BCUT2D eigenvalue weighted by molar-refractivity contribution is 6.31. The zero-order valence-corrected chi connectivity index (χ0v) is 16.7. The summed E-state index contributed by atoms with van der Waals surface area (Å²) in [6, 6.07) is 11.1. The van der Waals surface area contributed by atoms with E-state index in [2.05, 4.69) is 21.3 Å². The van der Waals surface area contributed by atoms with E-state index in [1.807, 2.05) is 26.0 Å². The lowest BCUT2D eigenvalue weighted by Gasteiger charge is -2.22. The summed E-state index contributed by atoms with van der Waals surface area (Å²) in [7, 11) is 0. The standard InChI is InChI=1S/C21H23ClN4O2/c1-14(2)28-21-9-15(7-8-24-21)12-26(18-5-6-18)13-20(27)25-19-10-17(22)4-3-16(19)11-23/h3-4,7-10,14,18H,5-6,12-13H2,1-2H3,(H,25,27). The fraction of sp³-hybridized carbons (Fsp3) is 0.381. The Kier molecular flexibility index (Phi) is 6.50. The number of amides is 1. The van der Waals surface area contributed by atoms with Crippen LogP contribution in [0.2, 0.25) is 5.02 Å². The molecule has 1 aliphatic rings.